The summed E-state index contributed by atoms with van der Waals surface area (Å²) in [6.45, 7) is 17.4. The van der Waals surface area contributed by atoms with Crippen LogP contribution in [0, 0.1) is 85.8 Å². The van der Waals surface area contributed by atoms with E-state index in [-0.39, 0.29) is 44.5 Å². The molecule has 4 rings (SSSR count). The number of hydrogen-bond acceptors (Lipinski definition) is 24. The average Bonchev–Trinajstić information content (AvgIpc) is 2.77. The van der Waals surface area contributed by atoms with E-state index in [0.717, 1.165) is 72.8 Å². The van der Waals surface area contributed by atoms with E-state index in [1.165, 1.54) is 19.6 Å². The van der Waals surface area contributed by atoms with Crippen LogP contribution in [0.4, 0.5) is 22.7 Å². The van der Waals surface area contributed by atoms with E-state index in [4.69, 9.17) is 21.0 Å². The number of carbonyl (C=O) groups excluding carboxylic acids is 4. The highest BCUT2D eigenvalue weighted by Crippen LogP contribution is 2.40. The molecular weight excluding hydrogens is 1160 g/mol. The van der Waals surface area contributed by atoms with E-state index in [0.29, 0.717) is 52.4 Å². The summed E-state index contributed by atoms with van der Waals surface area (Å²) in [5, 5.41) is 155. The molecule has 0 aliphatic heterocycles. The average molecular weight is 1220 g/mol. The number of phenolic OH excluding ortho intramolecular Hbond substituents is 8. The minimum atomic E-state index is -0.870. The molecule has 32 nitrogen and oxygen atoms in total. The van der Waals surface area contributed by atoms with Crippen molar-refractivity contribution in [3.8, 4) is 70.3 Å². The molecule has 0 aliphatic rings. The van der Waals surface area contributed by atoms with Crippen molar-refractivity contribution in [1.29, 1.82) is 21.0 Å². The lowest BCUT2D eigenvalue weighted by atomic mass is 10.1. The molecule has 0 saturated heterocycles. The van der Waals surface area contributed by atoms with Gasteiger partial charge in [0, 0.05) is 76.6 Å². The Morgan fingerprint density at radius 2 is 0.500 bits per heavy atom. The molecule has 4 aromatic rings. The number of aromatic hydroxyl groups is 8. The fourth-order valence-corrected chi connectivity index (χ4v) is 7.35. The number of carbonyl (C=O) groups is 4. The second kappa shape index (κ2) is 35.0. The molecule has 0 saturated carbocycles. The van der Waals surface area contributed by atoms with Crippen LogP contribution in [0.1, 0.15) is 77.6 Å². The molecule has 0 unspecified atom stereocenters. The SMILES string of the molecule is CCN(CC)C(=O)/C(C#N)=C/c1cc(O)c(O)c([N+](=O)[O-])c1.CCN(CC)C(=O)/C(C#N)=C/c1cc(O)c(O)c([N+](=O)[O-])c1.CCN(CC)C(=O)/C(C#N)=C/c1cc(O)c(O)c([N+](=O)[O-])c1.CCN(CC)C(=O)/C(C#N)=C/c1cc(O)c(O)c([N+](=O)[O-])c1. The van der Waals surface area contributed by atoms with Crippen LogP contribution < -0.4 is 0 Å². The van der Waals surface area contributed by atoms with Gasteiger partial charge in [0.2, 0.25) is 23.0 Å². The smallest absolute Gasteiger partial charge is 0.315 e. The summed E-state index contributed by atoms with van der Waals surface area (Å²) in [7, 11) is 0. The van der Waals surface area contributed by atoms with Crippen molar-refractivity contribution >= 4 is 70.7 Å². The van der Waals surface area contributed by atoms with Crippen LogP contribution >= 0.6 is 0 Å². The van der Waals surface area contributed by atoms with Crippen molar-refractivity contribution in [2.24, 2.45) is 0 Å². The molecule has 0 bridgehead atoms. The predicted molar refractivity (Wildman–Crippen MR) is 312 cm³/mol. The number of nitrogens with zero attached hydrogens (tertiary/aromatic N) is 12. The van der Waals surface area contributed by atoms with Crippen LogP contribution in [-0.4, -0.2) is 156 Å². The molecule has 0 heterocycles. The van der Waals surface area contributed by atoms with Crippen LogP contribution in [0.3, 0.4) is 0 Å². The number of benzene rings is 4. The molecule has 0 aromatic heterocycles. The zero-order valence-electron chi connectivity index (χ0n) is 48.4. The van der Waals surface area contributed by atoms with Crippen molar-refractivity contribution in [1.82, 2.24) is 19.6 Å². The quantitative estimate of drug-likeness (QED) is 0.0143. The zero-order chi connectivity index (χ0) is 67.4. The van der Waals surface area contributed by atoms with Gasteiger partial charge in [0.1, 0.15) is 46.6 Å². The van der Waals surface area contributed by atoms with Gasteiger partial charge in [0.25, 0.3) is 23.6 Å². The Balaban J connectivity index is 0.000000587. The van der Waals surface area contributed by atoms with Gasteiger partial charge in [-0.3, -0.25) is 59.6 Å². The molecule has 32 heteroatoms. The summed E-state index contributed by atoms with van der Waals surface area (Å²) in [6.07, 6.45) is 4.53. The molecule has 0 fully saturated rings. The molecule has 88 heavy (non-hydrogen) atoms. The van der Waals surface area contributed by atoms with Gasteiger partial charge in [0.15, 0.2) is 23.0 Å². The maximum absolute atomic E-state index is 12.1. The van der Waals surface area contributed by atoms with E-state index in [9.17, 15) is 100 Å². The number of amides is 4. The minimum Gasteiger partial charge on any atom is -0.504 e. The van der Waals surface area contributed by atoms with Crippen LogP contribution in [-0.2, 0) is 19.2 Å². The first kappa shape index (κ1) is 73.7. The fraction of sp³-hybridized carbons (Fsp3) is 0.286. The van der Waals surface area contributed by atoms with E-state index in [2.05, 4.69) is 0 Å². The van der Waals surface area contributed by atoms with E-state index in [1.807, 2.05) is 0 Å². The lowest BCUT2D eigenvalue weighted by molar-refractivity contribution is -0.386. The highest BCUT2D eigenvalue weighted by Gasteiger charge is 2.25. The van der Waals surface area contributed by atoms with Gasteiger partial charge in [-0.25, -0.2) is 0 Å². The number of nitriles is 4. The van der Waals surface area contributed by atoms with Crippen LogP contribution in [0.25, 0.3) is 24.3 Å². The van der Waals surface area contributed by atoms with Crippen molar-refractivity contribution in [2.45, 2.75) is 55.4 Å². The highest BCUT2D eigenvalue weighted by molar-refractivity contribution is 6.04. The van der Waals surface area contributed by atoms with E-state index < -0.39 is 112 Å². The molecule has 8 N–H and O–H groups in total. The molecule has 0 atom stereocenters. The lowest BCUT2D eigenvalue weighted by Gasteiger charge is -2.17. The second-order valence-electron chi connectivity index (χ2n) is 17.2. The Bertz CT molecular complexity index is 3160. The number of rotatable bonds is 20. The van der Waals surface area contributed by atoms with Gasteiger partial charge < -0.3 is 60.5 Å². The number of nitro benzene ring substituents is 4. The molecule has 0 radical (unpaired) electrons. The summed E-state index contributed by atoms with van der Waals surface area (Å²) in [4.78, 5) is 93.8. The third kappa shape index (κ3) is 19.9. The Morgan fingerprint density at radius 1 is 0.352 bits per heavy atom. The predicted octanol–water partition coefficient (Wildman–Crippen LogP) is 7.13. The summed E-state index contributed by atoms with van der Waals surface area (Å²) >= 11 is 0. The maximum Gasteiger partial charge on any atom is 0.315 e. The van der Waals surface area contributed by atoms with E-state index in [1.54, 1.807) is 79.7 Å². The Morgan fingerprint density at radius 3 is 0.614 bits per heavy atom. The van der Waals surface area contributed by atoms with Crippen molar-refractivity contribution in [2.75, 3.05) is 52.4 Å². The first-order chi connectivity index (χ1) is 41.4. The van der Waals surface area contributed by atoms with Gasteiger partial charge in [-0.1, -0.05) is 0 Å². The molecular formula is C56H60N12O20. The zero-order valence-corrected chi connectivity index (χ0v) is 48.4. The normalized spacial score (nSPS) is 10.9. The van der Waals surface area contributed by atoms with Crippen molar-refractivity contribution < 1.29 is 79.7 Å². The Hall–Kier alpha value is -12.3. The first-order valence-corrected chi connectivity index (χ1v) is 25.9. The third-order valence-corrected chi connectivity index (χ3v) is 12.0. The maximum atomic E-state index is 12.1. The largest absolute Gasteiger partial charge is 0.504 e. The van der Waals surface area contributed by atoms with Gasteiger partial charge >= 0.3 is 22.7 Å². The molecule has 0 aliphatic carbocycles. The Kier molecular flexibility index (Phi) is 29.3. The van der Waals surface area contributed by atoms with Gasteiger partial charge in [-0.2, -0.15) is 21.0 Å². The highest BCUT2D eigenvalue weighted by atomic mass is 16.6. The molecule has 4 aromatic carbocycles. The Labute approximate surface area is 501 Å². The standard InChI is InChI=1S/4C14H15N3O5/c4*1-3-16(4-2)14(20)10(8-15)5-9-6-11(17(21)22)13(19)12(18)7-9/h4*5-7,18-19H,3-4H2,1-2H3/b4*10-5+. The lowest BCUT2D eigenvalue weighted by Crippen LogP contribution is -2.31. The molecule has 4 amide bonds. The fourth-order valence-electron chi connectivity index (χ4n) is 7.35. The van der Waals surface area contributed by atoms with Gasteiger partial charge in [-0.05, 0) is 126 Å². The first-order valence-electron chi connectivity index (χ1n) is 25.9. The van der Waals surface area contributed by atoms with Crippen LogP contribution in [0.2, 0.25) is 0 Å². The number of phenols is 8. The topological polar surface area (TPSA) is 511 Å². The summed E-state index contributed by atoms with van der Waals surface area (Å²) < 4.78 is 0. The number of likely N-dealkylation sites (N-methyl/N-ethyl adjacent to an activating group) is 4. The van der Waals surface area contributed by atoms with E-state index >= 15 is 0 Å². The monoisotopic (exact) mass is 1220 g/mol. The number of nitro groups is 4. The summed E-state index contributed by atoms with van der Waals surface area (Å²) in [5.74, 6) is -8.31. The van der Waals surface area contributed by atoms with Gasteiger partial charge in [0.05, 0.1) is 19.7 Å². The number of hydrogen-bond donors (Lipinski definition) is 8. The minimum absolute atomic E-state index is 0.0686. The van der Waals surface area contributed by atoms with Crippen LogP contribution in [0.15, 0.2) is 70.8 Å². The van der Waals surface area contributed by atoms with Gasteiger partial charge in [-0.15, -0.1) is 0 Å². The molecule has 0 spiro atoms. The van der Waals surface area contributed by atoms with Crippen LogP contribution in [0.5, 0.6) is 46.0 Å². The van der Waals surface area contributed by atoms with Crippen molar-refractivity contribution in [3.63, 3.8) is 0 Å². The second-order valence-corrected chi connectivity index (χ2v) is 17.2. The molecule has 464 valence electrons. The summed E-state index contributed by atoms with van der Waals surface area (Å²) in [6, 6.07) is 15.0. The van der Waals surface area contributed by atoms with Crippen molar-refractivity contribution in [3.05, 3.63) is 134 Å². The summed E-state index contributed by atoms with van der Waals surface area (Å²) in [5.41, 5.74) is -3.44. The third-order valence-electron chi connectivity index (χ3n) is 12.0.